The van der Waals surface area contributed by atoms with Gasteiger partial charge in [-0.1, -0.05) is 177 Å². The van der Waals surface area contributed by atoms with Gasteiger partial charge >= 0.3 is 0 Å². The summed E-state index contributed by atoms with van der Waals surface area (Å²) in [4.78, 5) is 10.2. The molecule has 9 heterocycles. The van der Waals surface area contributed by atoms with Crippen molar-refractivity contribution in [3.8, 4) is 52.0 Å². The maximum Gasteiger partial charge on any atom is 0.137 e. The molecular weight excluding hydrogens is 993 g/mol. The Morgan fingerprint density at radius 1 is 0.400 bits per heavy atom. The predicted molar refractivity (Wildman–Crippen MR) is 309 cm³/mol. The molecule has 0 spiro atoms. The molecule has 0 amide bonds. The van der Waals surface area contributed by atoms with Gasteiger partial charge in [-0.2, -0.15) is 0 Å². The average Bonchev–Trinajstić information content (AvgIpc) is 4.24. The molecule has 1 aliphatic heterocycles. The molecule has 0 unspecified atom stereocenters. The molecule has 0 saturated carbocycles. The summed E-state index contributed by atoms with van der Waals surface area (Å²) in [7, 11) is -2.25. The van der Waals surface area contributed by atoms with Crippen molar-refractivity contribution < 1.29 is 0 Å². The van der Waals surface area contributed by atoms with E-state index in [1.807, 2.05) is 34.0 Å². The molecule has 0 N–H and O–H groups in total. The van der Waals surface area contributed by atoms with Crippen molar-refractivity contribution in [1.82, 2.24) is 39.6 Å². The van der Waals surface area contributed by atoms with Gasteiger partial charge in [0.2, 0.25) is 0 Å². The van der Waals surface area contributed by atoms with E-state index in [0.29, 0.717) is 0 Å². The maximum absolute atomic E-state index is 5.09. The van der Waals surface area contributed by atoms with Gasteiger partial charge in [-0.15, -0.1) is 75.9 Å². The number of thiophene rings is 4. The van der Waals surface area contributed by atoms with Gasteiger partial charge in [-0.3, -0.25) is 0 Å². The van der Waals surface area contributed by atoms with Crippen molar-refractivity contribution in [1.29, 1.82) is 0 Å². The quantitative estimate of drug-likeness (QED) is 0.0313. The van der Waals surface area contributed by atoms with Crippen molar-refractivity contribution >= 4 is 107 Å². The average molecular weight is 1070 g/mol. The molecule has 0 aromatic carbocycles. The van der Waals surface area contributed by atoms with E-state index in [1.165, 1.54) is 219 Å². The molecule has 1 aliphatic rings. The Morgan fingerprint density at radius 3 is 1.27 bits per heavy atom. The van der Waals surface area contributed by atoms with Crippen molar-refractivity contribution in [3.63, 3.8) is 0 Å². The largest absolute Gasteiger partial charge is 0.147 e. The molecule has 0 bridgehead atoms. The highest BCUT2D eigenvalue weighted by atomic mass is 32.1. The summed E-state index contributed by atoms with van der Waals surface area (Å²) >= 11 is 10.4. The molecule has 0 radical (unpaired) electrons. The monoisotopic (exact) mass is 1060 g/mol. The number of hydrogen-bond donors (Lipinski definition) is 0. The van der Waals surface area contributed by atoms with E-state index in [0.717, 1.165) is 59.4 Å². The van der Waals surface area contributed by atoms with E-state index in [1.54, 1.807) is 21.7 Å². The Morgan fingerprint density at radius 2 is 0.814 bits per heavy atom. The second-order valence-corrected chi connectivity index (χ2v) is 30.1. The van der Waals surface area contributed by atoms with Crippen LogP contribution in [-0.4, -0.2) is 47.6 Å². The zero-order valence-electron chi connectivity index (χ0n) is 42.1. The molecule has 70 heavy (non-hydrogen) atoms. The van der Waals surface area contributed by atoms with Crippen LogP contribution in [0.1, 0.15) is 185 Å². The second-order valence-electron chi connectivity index (χ2n) is 19.8. The molecule has 8 nitrogen and oxygen atoms in total. The third-order valence-corrected chi connectivity index (χ3v) is 26.3. The number of fused-ring (bicyclic) bond motifs is 5. The first-order valence-corrected chi connectivity index (χ1v) is 34.2. The highest BCUT2D eigenvalue weighted by Crippen LogP contribution is 2.49. The number of rotatable bonds is 31. The minimum absolute atomic E-state index is 0.837. The van der Waals surface area contributed by atoms with Crippen LogP contribution in [0.4, 0.5) is 0 Å². The van der Waals surface area contributed by atoms with Crippen LogP contribution in [0.5, 0.6) is 0 Å². The molecule has 0 aliphatic carbocycles. The van der Waals surface area contributed by atoms with Crippen molar-refractivity contribution in [2.45, 2.75) is 200 Å². The molecule has 8 aromatic rings. The smallest absolute Gasteiger partial charge is 0.137 e. The summed E-state index contributed by atoms with van der Waals surface area (Å²) in [6.07, 6.45) is 33.3. The van der Waals surface area contributed by atoms with E-state index >= 15 is 0 Å². The van der Waals surface area contributed by atoms with E-state index in [-0.39, 0.29) is 0 Å². The number of unbranched alkanes of at least 4 members (excludes halogenated alkanes) is 21. The summed E-state index contributed by atoms with van der Waals surface area (Å²) < 4.78 is 11.1. The molecule has 0 saturated heterocycles. The van der Waals surface area contributed by atoms with Crippen LogP contribution in [0.3, 0.4) is 0 Å². The first-order valence-electron chi connectivity index (χ1n) is 27.0. The Labute approximate surface area is 442 Å². The summed E-state index contributed by atoms with van der Waals surface area (Å²) in [5.74, 6) is 0. The highest BCUT2D eigenvalue weighted by molar-refractivity contribution is 7.32. The molecule has 9 rings (SSSR count). The zero-order chi connectivity index (χ0) is 48.1. The van der Waals surface area contributed by atoms with Crippen LogP contribution in [0, 0.1) is 6.92 Å². The lowest BCUT2D eigenvalue weighted by molar-refractivity contribution is 0.559. The van der Waals surface area contributed by atoms with E-state index in [2.05, 4.69) is 78.2 Å². The lowest BCUT2D eigenvalue weighted by Crippen LogP contribution is -2.54. The van der Waals surface area contributed by atoms with Gasteiger partial charge in [0.15, 0.2) is 0 Å². The molecule has 8 aromatic heterocycles. The van der Waals surface area contributed by atoms with Crippen molar-refractivity contribution in [2.24, 2.45) is 0 Å². The van der Waals surface area contributed by atoms with E-state index in [9.17, 15) is 0 Å². The van der Waals surface area contributed by atoms with Gasteiger partial charge < -0.3 is 0 Å². The summed E-state index contributed by atoms with van der Waals surface area (Å²) in [6, 6.07) is 16.5. The number of aryl methyl sites for hydroxylation is 2. The maximum atomic E-state index is 5.09. The first-order chi connectivity index (χ1) is 34.5. The van der Waals surface area contributed by atoms with Crippen molar-refractivity contribution in [3.05, 3.63) is 46.2 Å². The fourth-order valence-electron chi connectivity index (χ4n) is 10.7. The SMILES string of the molecule is CCCCCCCCCCCC[Si]1(CCCCCCCCCCCC)c2cc(-c3nnc(-c4ccc(C)s4)c4nnsc34)sc2-c2sc(-c3nnc(-c4ccc(CCCCCC)s4)c4nnsc34)cc21. The molecule has 0 fully saturated rings. The minimum atomic E-state index is -2.25. The molecule has 372 valence electrons. The van der Waals surface area contributed by atoms with Crippen LogP contribution >= 0.6 is 68.4 Å². The number of aromatic nitrogens is 8. The molecule has 0 atom stereocenters. The highest BCUT2D eigenvalue weighted by Gasteiger charge is 2.48. The summed E-state index contributed by atoms with van der Waals surface area (Å²) in [5.41, 5.74) is 5.30. The summed E-state index contributed by atoms with van der Waals surface area (Å²) in [5, 5.41) is 32.7. The van der Waals surface area contributed by atoms with Crippen LogP contribution in [0.2, 0.25) is 12.1 Å². The second kappa shape index (κ2) is 25.7. The van der Waals surface area contributed by atoms with Gasteiger partial charge in [0, 0.05) is 19.5 Å². The lowest BCUT2D eigenvalue weighted by Gasteiger charge is -2.29. The fourth-order valence-corrected chi connectivity index (χ4v) is 23.4. The fraction of sp³-hybridized carbons (Fsp3) is 0.564. The lowest BCUT2D eigenvalue weighted by atomic mass is 10.1. The Hall–Kier alpha value is -3.18. The zero-order valence-corrected chi connectivity index (χ0v) is 48.0. The van der Waals surface area contributed by atoms with Gasteiger partial charge in [0.1, 0.15) is 51.3 Å². The van der Waals surface area contributed by atoms with Gasteiger partial charge in [0.25, 0.3) is 0 Å². The van der Waals surface area contributed by atoms with Crippen LogP contribution in [0.25, 0.3) is 72.5 Å². The van der Waals surface area contributed by atoms with Gasteiger partial charge in [0.05, 0.1) is 19.5 Å². The van der Waals surface area contributed by atoms with E-state index in [4.69, 9.17) is 25.5 Å². The van der Waals surface area contributed by atoms with Crippen LogP contribution in [-0.2, 0) is 6.42 Å². The first kappa shape index (κ1) is 51.7. The van der Waals surface area contributed by atoms with Crippen LogP contribution in [0.15, 0.2) is 36.4 Å². The normalized spacial score (nSPS) is 13.1. The third kappa shape index (κ3) is 11.9. The molecular formula is C55H72N8S6Si. The van der Waals surface area contributed by atoms with Gasteiger partial charge in [-0.25, -0.2) is 0 Å². The Kier molecular flexibility index (Phi) is 19.0. The number of nitrogens with zero attached hydrogens (tertiary/aromatic N) is 8. The minimum Gasteiger partial charge on any atom is -0.147 e. The third-order valence-electron chi connectivity index (χ3n) is 14.6. The molecule has 15 heteroatoms. The Bertz CT molecular complexity index is 2860. The topological polar surface area (TPSA) is 103 Å². The predicted octanol–water partition coefficient (Wildman–Crippen LogP) is 18.0. The Balaban J connectivity index is 1.05. The van der Waals surface area contributed by atoms with Crippen molar-refractivity contribution in [2.75, 3.05) is 0 Å². The van der Waals surface area contributed by atoms with Crippen LogP contribution < -0.4 is 10.4 Å². The van der Waals surface area contributed by atoms with Gasteiger partial charge in [-0.05, 0) is 102 Å². The number of hydrogen-bond acceptors (Lipinski definition) is 14. The standard InChI is InChI=1S/C55H72N8S6Si/c1-5-8-11-14-16-18-20-22-24-27-34-70(35-28-25-23-21-19-17-15-12-9-6-2)44-36-42(48-54-50(60-62-68-54)46(56-58-48)40-32-30-38(4)64-40)66-52(44)53-45(70)37-43(67-53)49-55-51(61-63-69-55)47(57-59-49)41-33-31-39(65-41)29-26-13-10-7-3/h30-33,36-37H,5-29,34-35H2,1-4H3. The summed E-state index contributed by atoms with van der Waals surface area (Å²) in [6.45, 7) is 9.04. The van der Waals surface area contributed by atoms with E-state index < -0.39 is 8.07 Å².